The van der Waals surface area contributed by atoms with E-state index in [0.717, 1.165) is 19.3 Å². The second-order valence-electron chi connectivity index (χ2n) is 10.8. The molecule has 0 aromatic carbocycles. The van der Waals surface area contributed by atoms with E-state index in [9.17, 15) is 24.6 Å². The van der Waals surface area contributed by atoms with Crippen molar-refractivity contribution in [1.82, 2.24) is 5.32 Å². The van der Waals surface area contributed by atoms with Crippen LogP contribution in [0.1, 0.15) is 137 Å². The molecule has 0 aliphatic rings. The number of aliphatic carboxylic acids is 1. The van der Waals surface area contributed by atoms with E-state index in [-0.39, 0.29) is 12.0 Å². The SMILES string of the molecule is CCCCCCCCCCCCC[C@@H](O)[C@H](CCCC[C@H](C)OC(=O)[C@H](CC(C)C)NC=O)C(=O)O. The Morgan fingerprint density at radius 2 is 1.31 bits per heavy atom. The third-order valence-electron chi connectivity index (χ3n) is 6.84. The third-order valence-corrected chi connectivity index (χ3v) is 6.84. The van der Waals surface area contributed by atoms with Crippen LogP contribution >= 0.6 is 0 Å². The zero-order chi connectivity index (χ0) is 27.2. The highest BCUT2D eigenvalue weighted by Gasteiger charge is 2.26. The molecule has 212 valence electrons. The van der Waals surface area contributed by atoms with E-state index >= 15 is 0 Å². The molecule has 0 saturated carbocycles. The van der Waals surface area contributed by atoms with E-state index in [0.29, 0.717) is 44.9 Å². The summed E-state index contributed by atoms with van der Waals surface area (Å²) in [6, 6.07) is -0.646. The van der Waals surface area contributed by atoms with Gasteiger partial charge < -0.3 is 20.3 Å². The van der Waals surface area contributed by atoms with Crippen LogP contribution in [0.5, 0.6) is 0 Å². The first-order chi connectivity index (χ1) is 17.2. The highest BCUT2D eigenvalue weighted by atomic mass is 16.5. The Morgan fingerprint density at radius 1 is 0.806 bits per heavy atom. The number of hydrogen-bond acceptors (Lipinski definition) is 5. The van der Waals surface area contributed by atoms with Gasteiger partial charge in [0.2, 0.25) is 6.41 Å². The number of amides is 1. The molecule has 0 rings (SSSR count). The molecule has 1 amide bonds. The quantitative estimate of drug-likeness (QED) is 0.0739. The first kappa shape index (κ1) is 34.4. The second kappa shape index (κ2) is 22.6. The first-order valence-corrected chi connectivity index (χ1v) is 14.5. The summed E-state index contributed by atoms with van der Waals surface area (Å²) < 4.78 is 5.46. The van der Waals surface area contributed by atoms with Crippen LogP contribution in [0.15, 0.2) is 0 Å². The number of carbonyl (C=O) groups excluding carboxylic acids is 2. The van der Waals surface area contributed by atoms with Crippen molar-refractivity contribution in [2.75, 3.05) is 0 Å². The topological polar surface area (TPSA) is 113 Å². The molecule has 3 N–H and O–H groups in total. The van der Waals surface area contributed by atoms with Gasteiger partial charge in [-0.25, -0.2) is 4.79 Å². The van der Waals surface area contributed by atoms with Crippen molar-refractivity contribution < 1.29 is 29.3 Å². The summed E-state index contributed by atoms with van der Waals surface area (Å²) in [6.45, 7) is 7.99. The van der Waals surface area contributed by atoms with Gasteiger partial charge in [0.25, 0.3) is 0 Å². The van der Waals surface area contributed by atoms with Crippen molar-refractivity contribution in [3.8, 4) is 0 Å². The van der Waals surface area contributed by atoms with Crippen molar-refractivity contribution in [2.45, 2.75) is 155 Å². The molecule has 0 aromatic rings. The highest BCUT2D eigenvalue weighted by Crippen LogP contribution is 2.21. The predicted octanol–water partition coefficient (Wildman–Crippen LogP) is 6.40. The van der Waals surface area contributed by atoms with Crippen LogP contribution in [0.4, 0.5) is 0 Å². The first-order valence-electron chi connectivity index (χ1n) is 14.5. The summed E-state index contributed by atoms with van der Waals surface area (Å²) in [7, 11) is 0. The molecular weight excluding hydrogens is 458 g/mol. The van der Waals surface area contributed by atoms with Crippen molar-refractivity contribution >= 4 is 18.3 Å². The molecule has 0 fully saturated rings. The molecular formula is C29H55NO6. The van der Waals surface area contributed by atoms with Crippen LogP contribution < -0.4 is 5.32 Å². The lowest BCUT2D eigenvalue weighted by molar-refractivity contribution is -0.152. The average Bonchev–Trinajstić information content (AvgIpc) is 2.81. The van der Waals surface area contributed by atoms with Gasteiger partial charge in [-0.15, -0.1) is 0 Å². The number of nitrogens with one attached hydrogen (secondary N) is 1. The lowest BCUT2D eigenvalue weighted by Gasteiger charge is -2.21. The molecule has 7 heteroatoms. The van der Waals surface area contributed by atoms with Gasteiger partial charge in [-0.05, 0) is 44.9 Å². The van der Waals surface area contributed by atoms with Gasteiger partial charge >= 0.3 is 11.9 Å². The highest BCUT2D eigenvalue weighted by molar-refractivity contribution is 5.78. The van der Waals surface area contributed by atoms with Crippen LogP contribution in [-0.2, 0) is 19.1 Å². The fraction of sp³-hybridized carbons (Fsp3) is 0.897. The number of ether oxygens (including phenoxy) is 1. The van der Waals surface area contributed by atoms with Gasteiger partial charge in [-0.3, -0.25) is 9.59 Å². The molecule has 4 atom stereocenters. The fourth-order valence-electron chi connectivity index (χ4n) is 4.62. The van der Waals surface area contributed by atoms with Gasteiger partial charge in [0.1, 0.15) is 6.04 Å². The maximum absolute atomic E-state index is 12.3. The molecule has 0 bridgehead atoms. The predicted molar refractivity (Wildman–Crippen MR) is 145 cm³/mol. The zero-order valence-electron chi connectivity index (χ0n) is 23.5. The average molecular weight is 514 g/mol. The Labute approximate surface area is 220 Å². The smallest absolute Gasteiger partial charge is 0.328 e. The molecule has 0 spiro atoms. The Bertz CT molecular complexity index is 568. The molecule has 7 nitrogen and oxygen atoms in total. The number of aliphatic hydroxyl groups is 1. The van der Waals surface area contributed by atoms with E-state index in [1.807, 2.05) is 13.8 Å². The summed E-state index contributed by atoms with van der Waals surface area (Å²) in [5, 5.41) is 22.5. The molecule has 0 saturated heterocycles. The number of carbonyl (C=O) groups is 3. The van der Waals surface area contributed by atoms with Crippen molar-refractivity contribution in [3.63, 3.8) is 0 Å². The maximum Gasteiger partial charge on any atom is 0.328 e. The fourth-order valence-corrected chi connectivity index (χ4v) is 4.62. The van der Waals surface area contributed by atoms with E-state index in [2.05, 4.69) is 12.2 Å². The Morgan fingerprint density at radius 3 is 1.81 bits per heavy atom. The minimum Gasteiger partial charge on any atom is -0.481 e. The molecule has 36 heavy (non-hydrogen) atoms. The Kier molecular flexibility index (Phi) is 21.5. The Hall–Kier alpha value is -1.63. The van der Waals surface area contributed by atoms with Gasteiger partial charge in [-0.2, -0.15) is 0 Å². The number of rotatable bonds is 25. The minimum absolute atomic E-state index is 0.245. The zero-order valence-corrected chi connectivity index (χ0v) is 23.5. The number of esters is 1. The molecule has 0 heterocycles. The van der Waals surface area contributed by atoms with Crippen LogP contribution in [-0.4, -0.2) is 46.8 Å². The minimum atomic E-state index is -0.943. The lowest BCUT2D eigenvalue weighted by atomic mass is 9.91. The number of unbranched alkanes of at least 4 members (excludes halogenated alkanes) is 11. The summed E-state index contributed by atoms with van der Waals surface area (Å²) in [5.41, 5.74) is 0. The van der Waals surface area contributed by atoms with Gasteiger partial charge in [-0.1, -0.05) is 97.8 Å². The van der Waals surface area contributed by atoms with Crippen molar-refractivity contribution in [3.05, 3.63) is 0 Å². The number of carboxylic acids is 1. The van der Waals surface area contributed by atoms with Crippen molar-refractivity contribution in [1.29, 1.82) is 0 Å². The standard InChI is InChI=1S/C29H55NO6/c1-5-6-7-8-9-10-11-12-13-14-15-20-27(32)25(28(33)34)19-17-16-18-24(4)36-29(35)26(30-22-31)21-23(2)3/h22-27,32H,5-21H2,1-4H3,(H,30,31)(H,33,34)/t24-,25-,26-,27+/m0/s1. The van der Waals surface area contributed by atoms with E-state index in [4.69, 9.17) is 4.74 Å². The lowest BCUT2D eigenvalue weighted by Crippen LogP contribution is -2.39. The van der Waals surface area contributed by atoms with Crippen LogP contribution in [0, 0.1) is 11.8 Å². The molecule has 0 aromatic heterocycles. The summed E-state index contributed by atoms with van der Waals surface area (Å²) in [6.07, 6.45) is 16.3. The monoisotopic (exact) mass is 513 g/mol. The second-order valence-corrected chi connectivity index (χ2v) is 10.8. The molecule has 0 aliphatic carbocycles. The van der Waals surface area contributed by atoms with Gasteiger partial charge in [0.15, 0.2) is 0 Å². The molecule has 0 aliphatic heterocycles. The largest absolute Gasteiger partial charge is 0.481 e. The van der Waals surface area contributed by atoms with E-state index in [1.165, 1.54) is 51.4 Å². The number of hydrogen-bond donors (Lipinski definition) is 3. The molecule has 0 unspecified atom stereocenters. The van der Waals surface area contributed by atoms with E-state index < -0.39 is 30.0 Å². The van der Waals surface area contributed by atoms with E-state index in [1.54, 1.807) is 6.92 Å². The molecule has 0 radical (unpaired) electrons. The van der Waals surface area contributed by atoms with Crippen LogP contribution in [0.25, 0.3) is 0 Å². The van der Waals surface area contributed by atoms with Crippen molar-refractivity contribution in [2.24, 2.45) is 11.8 Å². The maximum atomic E-state index is 12.3. The summed E-state index contributed by atoms with van der Waals surface area (Å²) in [5.74, 6) is -1.89. The number of carboxylic acid groups (broad SMARTS) is 1. The normalized spacial score (nSPS) is 14.7. The van der Waals surface area contributed by atoms with Gasteiger partial charge in [0.05, 0.1) is 18.1 Å². The summed E-state index contributed by atoms with van der Waals surface area (Å²) in [4.78, 5) is 34.7. The summed E-state index contributed by atoms with van der Waals surface area (Å²) >= 11 is 0. The van der Waals surface area contributed by atoms with Gasteiger partial charge in [0, 0.05) is 0 Å². The number of aliphatic hydroxyl groups excluding tert-OH is 1. The third kappa shape index (κ3) is 18.6. The van der Waals surface area contributed by atoms with Crippen LogP contribution in [0.3, 0.4) is 0 Å². The Balaban J connectivity index is 4.07. The van der Waals surface area contributed by atoms with Crippen LogP contribution in [0.2, 0.25) is 0 Å².